The molecule has 0 saturated carbocycles. The Morgan fingerprint density at radius 1 is 1.19 bits per heavy atom. The zero-order chi connectivity index (χ0) is 18.6. The summed E-state index contributed by atoms with van der Waals surface area (Å²) in [6, 6.07) is 9.74. The van der Waals surface area contributed by atoms with E-state index in [2.05, 4.69) is 20.4 Å². The van der Waals surface area contributed by atoms with Crippen molar-refractivity contribution < 1.29 is 9.32 Å². The number of carbonyl (C=O) groups excluding carboxylic acids is 1. The molecule has 1 aromatic carbocycles. The van der Waals surface area contributed by atoms with Crippen LogP contribution in [0.15, 0.2) is 45.6 Å². The van der Waals surface area contributed by atoms with Crippen molar-refractivity contribution in [2.24, 2.45) is 0 Å². The third kappa shape index (κ3) is 4.35. The Kier molecular flexibility index (Phi) is 5.17. The number of anilines is 1. The number of hydrogen-bond donors (Lipinski definition) is 1. The molecule has 1 saturated heterocycles. The van der Waals surface area contributed by atoms with Gasteiger partial charge in [-0.2, -0.15) is 16.3 Å². The molecule has 1 N–H and O–H groups in total. The highest BCUT2D eigenvalue weighted by molar-refractivity contribution is 7.08. The maximum Gasteiger partial charge on any atom is 0.321 e. The zero-order valence-corrected chi connectivity index (χ0v) is 15.9. The SMILES string of the molecule is Cc1ccc(NC(=O)N2CCN(Cc3nc(-c4ccsc4)no3)CC2)cc1. The summed E-state index contributed by atoms with van der Waals surface area (Å²) in [7, 11) is 0. The van der Waals surface area contributed by atoms with Crippen LogP contribution < -0.4 is 5.32 Å². The van der Waals surface area contributed by atoms with Crippen molar-refractivity contribution in [3.63, 3.8) is 0 Å². The van der Waals surface area contributed by atoms with Gasteiger partial charge in [-0.15, -0.1) is 0 Å². The number of aromatic nitrogens is 2. The number of benzene rings is 1. The molecule has 27 heavy (non-hydrogen) atoms. The number of aryl methyl sites for hydroxylation is 1. The Hall–Kier alpha value is -2.71. The summed E-state index contributed by atoms with van der Waals surface area (Å²) >= 11 is 1.61. The lowest BCUT2D eigenvalue weighted by atomic mass is 10.2. The molecule has 7 nitrogen and oxygen atoms in total. The maximum atomic E-state index is 12.4. The van der Waals surface area contributed by atoms with Gasteiger partial charge in [0.05, 0.1) is 6.54 Å². The van der Waals surface area contributed by atoms with Crippen molar-refractivity contribution >= 4 is 23.1 Å². The van der Waals surface area contributed by atoms with Gasteiger partial charge >= 0.3 is 6.03 Å². The molecule has 0 bridgehead atoms. The predicted molar refractivity (Wildman–Crippen MR) is 105 cm³/mol. The van der Waals surface area contributed by atoms with Crippen LogP contribution in [0, 0.1) is 6.92 Å². The van der Waals surface area contributed by atoms with Crippen molar-refractivity contribution in [3.05, 3.63) is 52.5 Å². The highest BCUT2D eigenvalue weighted by atomic mass is 32.1. The maximum absolute atomic E-state index is 12.4. The van der Waals surface area contributed by atoms with E-state index in [0.717, 1.165) is 24.3 Å². The number of rotatable bonds is 4. The Balaban J connectivity index is 1.27. The smallest absolute Gasteiger partial charge is 0.321 e. The first-order valence-electron chi connectivity index (χ1n) is 8.87. The first-order chi connectivity index (χ1) is 13.2. The van der Waals surface area contributed by atoms with Gasteiger partial charge in [0.2, 0.25) is 11.7 Å². The molecule has 0 aliphatic carbocycles. The molecule has 0 radical (unpaired) electrons. The number of piperazine rings is 1. The number of thiophene rings is 1. The third-order valence-electron chi connectivity index (χ3n) is 4.57. The summed E-state index contributed by atoms with van der Waals surface area (Å²) in [6.07, 6.45) is 0. The largest absolute Gasteiger partial charge is 0.338 e. The highest BCUT2D eigenvalue weighted by Crippen LogP contribution is 2.19. The molecule has 3 heterocycles. The molecule has 2 amide bonds. The molecule has 140 valence electrons. The van der Waals surface area contributed by atoms with Gasteiger partial charge in [0.1, 0.15) is 0 Å². The molecular weight excluding hydrogens is 362 g/mol. The first-order valence-corrected chi connectivity index (χ1v) is 9.82. The van der Waals surface area contributed by atoms with Crippen LogP contribution in [0.25, 0.3) is 11.4 Å². The van der Waals surface area contributed by atoms with Crippen LogP contribution in [0.4, 0.5) is 10.5 Å². The molecule has 0 spiro atoms. The minimum atomic E-state index is -0.0592. The van der Waals surface area contributed by atoms with Crippen molar-refractivity contribution in [2.75, 3.05) is 31.5 Å². The lowest BCUT2D eigenvalue weighted by Crippen LogP contribution is -2.49. The van der Waals surface area contributed by atoms with Crippen LogP contribution in [0.5, 0.6) is 0 Å². The van der Waals surface area contributed by atoms with Crippen molar-refractivity contribution in [2.45, 2.75) is 13.5 Å². The van der Waals surface area contributed by atoms with Crippen LogP contribution in [0.1, 0.15) is 11.5 Å². The monoisotopic (exact) mass is 383 g/mol. The predicted octanol–water partition coefficient (Wildman–Crippen LogP) is 3.46. The van der Waals surface area contributed by atoms with Crippen LogP contribution >= 0.6 is 11.3 Å². The summed E-state index contributed by atoms with van der Waals surface area (Å²) in [5.74, 6) is 1.23. The van der Waals surface area contributed by atoms with E-state index < -0.39 is 0 Å². The summed E-state index contributed by atoms with van der Waals surface area (Å²) in [4.78, 5) is 20.9. The normalized spacial score (nSPS) is 15.1. The molecule has 1 aliphatic heterocycles. The van der Waals surface area contributed by atoms with Crippen molar-refractivity contribution in [1.29, 1.82) is 0 Å². The molecule has 1 fully saturated rings. The lowest BCUT2D eigenvalue weighted by molar-refractivity contribution is 0.133. The van der Waals surface area contributed by atoms with E-state index in [9.17, 15) is 4.79 Å². The number of amides is 2. The van der Waals surface area contributed by atoms with Gasteiger partial charge in [-0.25, -0.2) is 4.79 Å². The van der Waals surface area contributed by atoms with E-state index in [0.29, 0.717) is 31.3 Å². The highest BCUT2D eigenvalue weighted by Gasteiger charge is 2.22. The molecule has 0 unspecified atom stereocenters. The van der Waals surface area contributed by atoms with Gasteiger partial charge in [-0.3, -0.25) is 4.90 Å². The third-order valence-corrected chi connectivity index (χ3v) is 5.25. The molecule has 8 heteroatoms. The number of nitrogens with one attached hydrogen (secondary N) is 1. The second kappa shape index (κ2) is 7.89. The minimum absolute atomic E-state index is 0.0592. The first kappa shape index (κ1) is 17.7. The van der Waals surface area contributed by atoms with E-state index in [1.54, 1.807) is 11.3 Å². The number of hydrogen-bond acceptors (Lipinski definition) is 6. The average Bonchev–Trinajstić information content (AvgIpc) is 3.36. The Morgan fingerprint density at radius 2 is 1.96 bits per heavy atom. The molecule has 1 aliphatic rings. The van der Waals surface area contributed by atoms with Crippen LogP contribution in [0.3, 0.4) is 0 Å². The summed E-state index contributed by atoms with van der Waals surface area (Å²) in [6.45, 7) is 5.52. The van der Waals surface area contributed by atoms with Crippen molar-refractivity contribution in [3.8, 4) is 11.4 Å². The van der Waals surface area contributed by atoms with Gasteiger partial charge in [-0.05, 0) is 30.5 Å². The fraction of sp³-hybridized carbons (Fsp3) is 0.316. The van der Waals surface area contributed by atoms with Gasteiger partial charge in [-0.1, -0.05) is 22.9 Å². The molecule has 2 aromatic heterocycles. The second-order valence-electron chi connectivity index (χ2n) is 6.58. The number of urea groups is 1. The van der Waals surface area contributed by atoms with Crippen LogP contribution in [-0.4, -0.2) is 52.2 Å². The lowest BCUT2D eigenvalue weighted by Gasteiger charge is -2.33. The Labute approximate surface area is 161 Å². The van der Waals surface area contributed by atoms with E-state index in [4.69, 9.17) is 4.52 Å². The van der Waals surface area contributed by atoms with Crippen molar-refractivity contribution in [1.82, 2.24) is 19.9 Å². The number of carbonyl (C=O) groups is 1. The fourth-order valence-electron chi connectivity index (χ4n) is 2.97. The molecule has 0 atom stereocenters. The van der Waals surface area contributed by atoms with Gasteiger partial charge in [0.15, 0.2) is 0 Å². The summed E-state index contributed by atoms with van der Waals surface area (Å²) in [5, 5.41) is 11.0. The Morgan fingerprint density at radius 3 is 2.67 bits per heavy atom. The number of nitrogens with zero attached hydrogens (tertiary/aromatic N) is 4. The minimum Gasteiger partial charge on any atom is -0.338 e. The molecule has 4 rings (SSSR count). The zero-order valence-electron chi connectivity index (χ0n) is 15.1. The van der Waals surface area contributed by atoms with Gasteiger partial charge < -0.3 is 14.7 Å². The quantitative estimate of drug-likeness (QED) is 0.747. The fourth-order valence-corrected chi connectivity index (χ4v) is 3.60. The Bertz CT molecular complexity index is 883. The molecule has 3 aromatic rings. The molecular formula is C19H21N5O2S. The van der Waals surface area contributed by atoms with Crippen LogP contribution in [0.2, 0.25) is 0 Å². The average molecular weight is 383 g/mol. The van der Waals surface area contributed by atoms with Crippen LogP contribution in [-0.2, 0) is 6.54 Å². The van der Waals surface area contributed by atoms with Gasteiger partial charge in [0, 0.05) is 42.8 Å². The second-order valence-corrected chi connectivity index (χ2v) is 7.36. The van der Waals surface area contributed by atoms with E-state index >= 15 is 0 Å². The van der Waals surface area contributed by atoms with E-state index in [-0.39, 0.29) is 6.03 Å². The standard InChI is InChI=1S/C19H21N5O2S/c1-14-2-4-16(5-3-14)20-19(25)24-9-7-23(8-10-24)12-17-21-18(22-26-17)15-6-11-27-13-15/h2-6,11,13H,7-10,12H2,1H3,(H,20,25). The van der Waals surface area contributed by atoms with E-state index in [1.165, 1.54) is 5.56 Å². The van der Waals surface area contributed by atoms with E-state index in [1.807, 2.05) is 52.9 Å². The topological polar surface area (TPSA) is 74.5 Å². The van der Waals surface area contributed by atoms with Gasteiger partial charge in [0.25, 0.3) is 0 Å². The summed E-state index contributed by atoms with van der Waals surface area (Å²) < 4.78 is 5.36. The summed E-state index contributed by atoms with van der Waals surface area (Å²) in [5.41, 5.74) is 2.97.